The van der Waals surface area contributed by atoms with Gasteiger partial charge in [0.2, 0.25) is 0 Å². The molecule has 3 nitrogen and oxygen atoms in total. The lowest BCUT2D eigenvalue weighted by Crippen LogP contribution is -1.84. The Labute approximate surface area is 152 Å². The Morgan fingerprint density at radius 1 is 0.880 bits per heavy atom. The summed E-state index contributed by atoms with van der Waals surface area (Å²) >= 11 is 7.72. The van der Waals surface area contributed by atoms with Gasteiger partial charge in [-0.25, -0.2) is 4.98 Å². The van der Waals surface area contributed by atoms with E-state index < -0.39 is 0 Å². The van der Waals surface area contributed by atoms with E-state index in [2.05, 4.69) is 57.6 Å². The highest BCUT2D eigenvalue weighted by Gasteiger charge is 2.12. The number of aromatic nitrogens is 3. The summed E-state index contributed by atoms with van der Waals surface area (Å²) in [5.41, 5.74) is 4.35. The highest BCUT2D eigenvalue weighted by atomic mass is 35.5. The van der Waals surface area contributed by atoms with Crippen LogP contribution in [0.1, 0.15) is 0 Å². The number of hydrogen-bond donors (Lipinski definition) is 1. The molecule has 0 unspecified atom stereocenters. The molecule has 25 heavy (non-hydrogen) atoms. The lowest BCUT2D eigenvalue weighted by Gasteiger charge is -2.06. The Bertz CT molecular complexity index is 1170. The molecule has 3 heterocycles. The first-order chi connectivity index (χ1) is 12.3. The number of rotatable bonds is 2. The zero-order valence-electron chi connectivity index (χ0n) is 13.0. The fraction of sp³-hybridized carbons (Fsp3) is 0. The first-order valence-electron chi connectivity index (χ1n) is 7.86. The van der Waals surface area contributed by atoms with Crippen LogP contribution in [-0.2, 0) is 0 Å². The van der Waals surface area contributed by atoms with Gasteiger partial charge >= 0.3 is 0 Å². The molecule has 0 radical (unpaired) electrons. The van der Waals surface area contributed by atoms with E-state index in [1.807, 2.05) is 18.3 Å². The maximum absolute atomic E-state index is 5.92. The first kappa shape index (κ1) is 14.6. The molecule has 5 aromatic rings. The van der Waals surface area contributed by atoms with Crippen molar-refractivity contribution in [2.24, 2.45) is 0 Å². The van der Waals surface area contributed by atoms with Gasteiger partial charge in [0.25, 0.3) is 0 Å². The third-order valence-corrected chi connectivity index (χ3v) is 5.67. The monoisotopic (exact) mass is 361 g/mol. The molecule has 0 aliphatic carbocycles. The fourth-order valence-corrected chi connectivity index (χ4v) is 4.28. The van der Waals surface area contributed by atoms with Gasteiger partial charge in [0.1, 0.15) is 5.15 Å². The quantitative estimate of drug-likeness (QED) is 0.382. The predicted molar refractivity (Wildman–Crippen MR) is 105 cm³/mol. The van der Waals surface area contributed by atoms with Crippen molar-refractivity contribution in [3.05, 3.63) is 72.1 Å². The van der Waals surface area contributed by atoms with E-state index >= 15 is 0 Å². The van der Waals surface area contributed by atoms with E-state index in [1.54, 1.807) is 17.5 Å². The van der Waals surface area contributed by atoms with Gasteiger partial charge in [-0.1, -0.05) is 29.8 Å². The molecule has 2 aromatic carbocycles. The van der Waals surface area contributed by atoms with Crippen molar-refractivity contribution in [3.63, 3.8) is 0 Å². The Balaban J connectivity index is 1.76. The molecule has 0 bridgehead atoms. The number of fused-ring (bicyclic) bond motifs is 2. The van der Waals surface area contributed by atoms with Gasteiger partial charge in [0, 0.05) is 32.3 Å². The molecule has 0 amide bonds. The number of nitrogens with zero attached hydrogens (tertiary/aromatic N) is 2. The van der Waals surface area contributed by atoms with E-state index in [9.17, 15) is 0 Å². The highest BCUT2D eigenvalue weighted by Crippen LogP contribution is 2.39. The van der Waals surface area contributed by atoms with Gasteiger partial charge in [-0.15, -0.1) is 11.3 Å². The van der Waals surface area contributed by atoms with Crippen LogP contribution < -0.4 is 0 Å². The number of benzene rings is 2. The van der Waals surface area contributed by atoms with Gasteiger partial charge in [-0.3, -0.25) is 5.10 Å². The van der Waals surface area contributed by atoms with Crippen LogP contribution in [0.5, 0.6) is 0 Å². The first-order valence-corrected chi connectivity index (χ1v) is 9.05. The topological polar surface area (TPSA) is 41.6 Å². The second-order valence-electron chi connectivity index (χ2n) is 5.88. The molecule has 5 rings (SSSR count). The summed E-state index contributed by atoms with van der Waals surface area (Å²) in [6, 6.07) is 18.8. The van der Waals surface area contributed by atoms with Gasteiger partial charge in [0.15, 0.2) is 0 Å². The molecular formula is C20H12ClN3S. The minimum atomic E-state index is 0.498. The van der Waals surface area contributed by atoms with Crippen molar-refractivity contribution in [2.45, 2.75) is 0 Å². The van der Waals surface area contributed by atoms with Crippen LogP contribution in [-0.4, -0.2) is 15.2 Å². The lowest BCUT2D eigenvalue weighted by molar-refractivity contribution is 1.12. The summed E-state index contributed by atoms with van der Waals surface area (Å²) < 4.78 is 1.28. The standard InChI is InChI=1S/C20H12ClN3S/c21-19-6-5-13(10-22-19)14-7-15-11-23-24-20(15)16(8-14)18-9-12-3-1-2-4-17(12)25-18/h1-11H,(H,23,24). The van der Waals surface area contributed by atoms with Crippen LogP contribution in [0.3, 0.4) is 0 Å². The van der Waals surface area contributed by atoms with E-state index in [0.29, 0.717) is 5.15 Å². The molecule has 120 valence electrons. The van der Waals surface area contributed by atoms with E-state index in [1.165, 1.54) is 15.0 Å². The van der Waals surface area contributed by atoms with E-state index in [-0.39, 0.29) is 0 Å². The second kappa shape index (κ2) is 5.69. The normalized spacial score (nSPS) is 11.4. The van der Waals surface area contributed by atoms with Gasteiger partial charge in [-0.05, 0) is 47.3 Å². The van der Waals surface area contributed by atoms with Crippen LogP contribution in [0.15, 0.2) is 67.0 Å². The van der Waals surface area contributed by atoms with Crippen molar-refractivity contribution in [2.75, 3.05) is 0 Å². The number of hydrogen-bond acceptors (Lipinski definition) is 3. The molecule has 0 saturated carbocycles. The Morgan fingerprint density at radius 2 is 1.80 bits per heavy atom. The minimum absolute atomic E-state index is 0.498. The van der Waals surface area contributed by atoms with Crippen LogP contribution >= 0.6 is 22.9 Å². The SMILES string of the molecule is Clc1ccc(-c2cc(-c3cc4ccccc4s3)c3[nH]ncc3c2)cn1. The Hall–Kier alpha value is -2.69. The van der Waals surface area contributed by atoms with Crippen molar-refractivity contribution >= 4 is 43.9 Å². The van der Waals surface area contributed by atoms with E-state index in [4.69, 9.17) is 11.6 Å². The fourth-order valence-electron chi connectivity index (χ4n) is 3.08. The van der Waals surface area contributed by atoms with E-state index in [0.717, 1.165) is 27.6 Å². The third-order valence-electron chi connectivity index (χ3n) is 4.30. The number of pyridine rings is 1. The van der Waals surface area contributed by atoms with Crippen LogP contribution in [0, 0.1) is 0 Å². The van der Waals surface area contributed by atoms with Crippen molar-refractivity contribution < 1.29 is 0 Å². The average Bonchev–Trinajstić information content (AvgIpc) is 3.28. The minimum Gasteiger partial charge on any atom is -0.277 e. The summed E-state index contributed by atoms with van der Waals surface area (Å²) in [6.07, 6.45) is 3.66. The zero-order valence-corrected chi connectivity index (χ0v) is 14.6. The molecule has 1 N–H and O–H groups in total. The van der Waals surface area contributed by atoms with Crippen molar-refractivity contribution in [1.29, 1.82) is 0 Å². The molecule has 5 heteroatoms. The predicted octanol–water partition coefficient (Wildman–Crippen LogP) is 6.16. The summed E-state index contributed by atoms with van der Waals surface area (Å²) in [5.74, 6) is 0. The number of H-pyrrole nitrogens is 1. The van der Waals surface area contributed by atoms with Crippen LogP contribution in [0.25, 0.3) is 42.6 Å². The maximum atomic E-state index is 5.92. The molecule has 3 aromatic heterocycles. The number of aromatic amines is 1. The summed E-state index contributed by atoms with van der Waals surface area (Å²) in [6.45, 7) is 0. The van der Waals surface area contributed by atoms with Gasteiger partial charge in [0.05, 0.1) is 11.7 Å². The van der Waals surface area contributed by atoms with Crippen molar-refractivity contribution in [1.82, 2.24) is 15.2 Å². The van der Waals surface area contributed by atoms with Crippen LogP contribution in [0.4, 0.5) is 0 Å². The van der Waals surface area contributed by atoms with Crippen molar-refractivity contribution in [3.8, 4) is 21.6 Å². The van der Waals surface area contributed by atoms with Crippen LogP contribution in [0.2, 0.25) is 5.15 Å². The molecule has 0 aliphatic heterocycles. The molecule has 0 atom stereocenters. The number of nitrogens with one attached hydrogen (secondary N) is 1. The van der Waals surface area contributed by atoms with Gasteiger partial charge in [-0.2, -0.15) is 5.10 Å². The molecule has 0 fully saturated rings. The second-order valence-corrected chi connectivity index (χ2v) is 7.35. The summed E-state index contributed by atoms with van der Waals surface area (Å²) in [7, 11) is 0. The van der Waals surface area contributed by atoms with Gasteiger partial charge < -0.3 is 0 Å². The zero-order chi connectivity index (χ0) is 16.8. The molecule has 0 aliphatic rings. The number of halogens is 1. The average molecular weight is 362 g/mol. The Morgan fingerprint density at radius 3 is 2.64 bits per heavy atom. The largest absolute Gasteiger partial charge is 0.277 e. The molecular weight excluding hydrogens is 350 g/mol. The smallest absolute Gasteiger partial charge is 0.129 e. The molecule has 0 saturated heterocycles. The number of thiophene rings is 1. The summed E-state index contributed by atoms with van der Waals surface area (Å²) in [5, 5.41) is 10.2. The third kappa shape index (κ3) is 2.51. The lowest BCUT2D eigenvalue weighted by atomic mass is 10.0. The Kier molecular flexibility index (Phi) is 3.33. The highest BCUT2D eigenvalue weighted by molar-refractivity contribution is 7.22. The molecule has 0 spiro atoms. The summed E-state index contributed by atoms with van der Waals surface area (Å²) in [4.78, 5) is 5.43. The maximum Gasteiger partial charge on any atom is 0.129 e.